The Bertz CT molecular complexity index is 542. The maximum absolute atomic E-state index is 11.6. The highest BCUT2D eigenvalue weighted by atomic mass is 16.5. The topological polar surface area (TPSA) is 26.3 Å². The molecular formula is C16H18O2. The normalized spacial score (nSPS) is 26.1. The molecule has 2 aliphatic carbocycles. The third-order valence-electron chi connectivity index (χ3n) is 4.51. The van der Waals surface area contributed by atoms with Crippen molar-refractivity contribution in [1.29, 1.82) is 0 Å². The predicted octanol–water partition coefficient (Wildman–Crippen LogP) is 3.19. The van der Waals surface area contributed by atoms with E-state index in [2.05, 4.69) is 19.1 Å². The summed E-state index contributed by atoms with van der Waals surface area (Å²) in [6.07, 6.45) is 5.43. The molecule has 2 heteroatoms. The summed E-state index contributed by atoms with van der Waals surface area (Å²) in [6.45, 7) is 2.27. The fraction of sp³-hybridized carbons (Fsp3) is 0.438. The van der Waals surface area contributed by atoms with Gasteiger partial charge in [-0.05, 0) is 42.5 Å². The van der Waals surface area contributed by atoms with Gasteiger partial charge in [-0.1, -0.05) is 24.6 Å². The molecule has 0 N–H and O–H groups in total. The summed E-state index contributed by atoms with van der Waals surface area (Å²) >= 11 is 0. The van der Waals surface area contributed by atoms with Crippen LogP contribution >= 0.6 is 0 Å². The molecule has 1 atom stereocenters. The minimum absolute atomic E-state index is 0.0377. The molecule has 2 nitrogen and oxygen atoms in total. The van der Waals surface area contributed by atoms with Crippen molar-refractivity contribution in [2.75, 3.05) is 7.11 Å². The van der Waals surface area contributed by atoms with Crippen molar-refractivity contribution in [2.24, 2.45) is 0 Å². The highest BCUT2D eigenvalue weighted by molar-refractivity contribution is 5.92. The van der Waals surface area contributed by atoms with Gasteiger partial charge in [0.05, 0.1) is 7.11 Å². The molecule has 3 rings (SSSR count). The van der Waals surface area contributed by atoms with E-state index in [1.54, 1.807) is 7.11 Å². The van der Waals surface area contributed by atoms with Crippen LogP contribution in [0.25, 0.3) is 0 Å². The Kier molecular flexibility index (Phi) is 2.54. The first kappa shape index (κ1) is 11.5. The Morgan fingerprint density at radius 1 is 1.22 bits per heavy atom. The van der Waals surface area contributed by atoms with E-state index in [-0.39, 0.29) is 11.2 Å². The molecule has 2 aliphatic rings. The van der Waals surface area contributed by atoms with Crippen LogP contribution < -0.4 is 4.74 Å². The molecular weight excluding hydrogens is 224 g/mol. The zero-order valence-electron chi connectivity index (χ0n) is 11.0. The lowest BCUT2D eigenvalue weighted by Crippen LogP contribution is -2.34. The molecule has 0 amide bonds. The lowest BCUT2D eigenvalue weighted by atomic mass is 9.63. The van der Waals surface area contributed by atoms with Crippen molar-refractivity contribution in [2.45, 2.75) is 38.0 Å². The van der Waals surface area contributed by atoms with Crippen molar-refractivity contribution < 1.29 is 9.53 Å². The Labute approximate surface area is 108 Å². The maximum atomic E-state index is 11.6. The molecule has 0 spiro atoms. The summed E-state index contributed by atoms with van der Waals surface area (Å²) in [5.74, 6) is 1.28. The van der Waals surface area contributed by atoms with Crippen LogP contribution in [0.1, 0.15) is 37.3 Å². The van der Waals surface area contributed by atoms with Crippen LogP contribution in [0.5, 0.6) is 5.75 Å². The Balaban J connectivity index is 2.18. The van der Waals surface area contributed by atoms with Crippen molar-refractivity contribution in [3.8, 4) is 5.75 Å². The van der Waals surface area contributed by atoms with E-state index < -0.39 is 0 Å². The Morgan fingerprint density at radius 2 is 2.06 bits per heavy atom. The molecule has 94 valence electrons. The van der Waals surface area contributed by atoms with E-state index in [0.29, 0.717) is 6.42 Å². The smallest absolute Gasteiger partial charge is 0.155 e. The number of rotatable bonds is 1. The molecule has 1 aromatic carbocycles. The molecule has 0 heterocycles. The molecule has 0 radical (unpaired) electrons. The molecule has 18 heavy (non-hydrogen) atoms. The summed E-state index contributed by atoms with van der Waals surface area (Å²) in [5, 5.41) is 0. The summed E-state index contributed by atoms with van der Waals surface area (Å²) < 4.78 is 5.47. The van der Waals surface area contributed by atoms with Crippen molar-refractivity contribution in [3.05, 3.63) is 41.0 Å². The van der Waals surface area contributed by atoms with Crippen LogP contribution in [0.4, 0.5) is 0 Å². The van der Waals surface area contributed by atoms with Gasteiger partial charge in [-0.3, -0.25) is 4.79 Å². The second-order valence-electron chi connectivity index (χ2n) is 5.45. The molecule has 0 fully saturated rings. The van der Waals surface area contributed by atoms with Crippen LogP contribution in [0.3, 0.4) is 0 Å². The number of benzene rings is 1. The number of fused-ring (bicyclic) bond motifs is 3. The van der Waals surface area contributed by atoms with Gasteiger partial charge in [0.1, 0.15) is 5.75 Å². The number of hydrogen-bond donors (Lipinski definition) is 0. The molecule has 0 aromatic heterocycles. The van der Waals surface area contributed by atoms with E-state index >= 15 is 0 Å². The van der Waals surface area contributed by atoms with Crippen molar-refractivity contribution in [3.63, 3.8) is 0 Å². The largest absolute Gasteiger partial charge is 0.496 e. The zero-order chi connectivity index (χ0) is 12.8. The van der Waals surface area contributed by atoms with Gasteiger partial charge in [-0.2, -0.15) is 0 Å². The zero-order valence-corrected chi connectivity index (χ0v) is 11.0. The molecule has 0 bridgehead atoms. The standard InChI is InChI=1S/C16H18O2/c1-16-9-8-12(17)10-11(16)6-7-13-14(16)4-3-5-15(13)18-2/h3-5,10H,6-9H2,1-2H3/t16-/m0/s1. The van der Waals surface area contributed by atoms with Gasteiger partial charge >= 0.3 is 0 Å². The van der Waals surface area contributed by atoms with Gasteiger partial charge < -0.3 is 4.74 Å². The minimum Gasteiger partial charge on any atom is -0.496 e. The third kappa shape index (κ3) is 1.52. The second kappa shape index (κ2) is 3.98. The first-order valence-electron chi connectivity index (χ1n) is 6.55. The maximum Gasteiger partial charge on any atom is 0.155 e. The third-order valence-corrected chi connectivity index (χ3v) is 4.51. The number of carbonyl (C=O) groups is 1. The van der Waals surface area contributed by atoms with Gasteiger partial charge in [0.2, 0.25) is 0 Å². The lowest BCUT2D eigenvalue weighted by molar-refractivity contribution is -0.115. The van der Waals surface area contributed by atoms with Crippen LogP contribution in [0, 0.1) is 0 Å². The molecule has 0 saturated carbocycles. The average molecular weight is 242 g/mol. The van der Waals surface area contributed by atoms with Gasteiger partial charge in [-0.15, -0.1) is 0 Å². The number of carbonyl (C=O) groups excluding carboxylic acids is 1. The highest BCUT2D eigenvalue weighted by Gasteiger charge is 2.39. The molecule has 1 aromatic rings. The quantitative estimate of drug-likeness (QED) is 0.756. The average Bonchev–Trinajstić information content (AvgIpc) is 2.39. The van der Waals surface area contributed by atoms with Crippen LogP contribution in [0.15, 0.2) is 29.8 Å². The van der Waals surface area contributed by atoms with Gasteiger partial charge in [0.15, 0.2) is 5.78 Å². The summed E-state index contributed by atoms with van der Waals surface area (Å²) in [4.78, 5) is 11.6. The van der Waals surface area contributed by atoms with Gasteiger partial charge in [-0.25, -0.2) is 0 Å². The number of hydrogen-bond acceptors (Lipinski definition) is 2. The predicted molar refractivity (Wildman–Crippen MR) is 71.0 cm³/mol. The van der Waals surface area contributed by atoms with Crippen molar-refractivity contribution in [1.82, 2.24) is 0 Å². The Morgan fingerprint density at radius 3 is 2.83 bits per heavy atom. The summed E-state index contributed by atoms with van der Waals surface area (Å²) in [7, 11) is 1.73. The fourth-order valence-electron chi connectivity index (χ4n) is 3.41. The SMILES string of the molecule is COc1cccc2c1CCC1=CC(=O)CC[C@@]12C. The van der Waals surface area contributed by atoms with Crippen LogP contribution in [-0.4, -0.2) is 12.9 Å². The Hall–Kier alpha value is -1.57. The second-order valence-corrected chi connectivity index (χ2v) is 5.45. The first-order valence-corrected chi connectivity index (χ1v) is 6.55. The highest BCUT2D eigenvalue weighted by Crippen LogP contribution is 2.48. The van der Waals surface area contributed by atoms with Crippen LogP contribution in [-0.2, 0) is 16.6 Å². The first-order chi connectivity index (χ1) is 8.65. The molecule has 0 aliphatic heterocycles. The van der Waals surface area contributed by atoms with E-state index in [9.17, 15) is 4.79 Å². The fourth-order valence-corrected chi connectivity index (χ4v) is 3.41. The van der Waals surface area contributed by atoms with E-state index in [1.807, 2.05) is 12.1 Å². The monoisotopic (exact) mass is 242 g/mol. The van der Waals surface area contributed by atoms with Gasteiger partial charge in [0.25, 0.3) is 0 Å². The summed E-state index contributed by atoms with van der Waals surface area (Å²) in [5.41, 5.74) is 4.02. The van der Waals surface area contributed by atoms with E-state index in [0.717, 1.165) is 25.0 Å². The lowest BCUT2D eigenvalue weighted by Gasteiger charge is -2.41. The number of ketones is 1. The van der Waals surface area contributed by atoms with Gasteiger partial charge in [0, 0.05) is 11.8 Å². The number of ether oxygens (including phenoxy) is 1. The van der Waals surface area contributed by atoms with E-state index in [1.165, 1.54) is 16.7 Å². The number of allylic oxidation sites excluding steroid dienone is 2. The minimum atomic E-state index is 0.0377. The number of methoxy groups -OCH3 is 1. The van der Waals surface area contributed by atoms with Crippen molar-refractivity contribution >= 4 is 5.78 Å². The molecule has 0 unspecified atom stereocenters. The van der Waals surface area contributed by atoms with Crippen LogP contribution in [0.2, 0.25) is 0 Å². The molecule has 0 saturated heterocycles. The van der Waals surface area contributed by atoms with E-state index in [4.69, 9.17) is 4.74 Å². The summed E-state index contributed by atoms with van der Waals surface area (Å²) in [6, 6.07) is 6.29.